The molecule has 1 aliphatic rings. The smallest absolute Gasteiger partial charge is 0.253 e. The molecule has 6 rings (SSSR count). The molecular weight excluding hydrogens is 510 g/mol. The van der Waals surface area contributed by atoms with Gasteiger partial charge in [-0.15, -0.1) is 0 Å². The first kappa shape index (κ1) is 25.3. The van der Waals surface area contributed by atoms with Gasteiger partial charge in [0.15, 0.2) is 5.65 Å². The van der Waals surface area contributed by atoms with Gasteiger partial charge >= 0.3 is 0 Å². The minimum atomic E-state index is -0.193. The Kier molecular flexibility index (Phi) is 6.74. The lowest BCUT2D eigenvalue weighted by Gasteiger charge is -2.23. The van der Waals surface area contributed by atoms with Crippen molar-refractivity contribution < 1.29 is 14.3 Å². The molecule has 0 bridgehead atoms. The summed E-state index contributed by atoms with van der Waals surface area (Å²) in [7, 11) is 1.86. The van der Waals surface area contributed by atoms with Gasteiger partial charge in [-0.1, -0.05) is 0 Å². The zero-order valence-corrected chi connectivity index (χ0v) is 21.9. The van der Waals surface area contributed by atoms with E-state index in [9.17, 15) is 4.79 Å². The lowest BCUT2D eigenvalue weighted by atomic mass is 10.1. The van der Waals surface area contributed by atoms with E-state index in [0.29, 0.717) is 41.7 Å². The molecule has 0 radical (unpaired) electrons. The number of carbonyl (C=O) groups is 1. The monoisotopic (exact) mass is 539 g/mol. The molecule has 40 heavy (non-hydrogen) atoms. The summed E-state index contributed by atoms with van der Waals surface area (Å²) in [6, 6.07) is 9.06. The average Bonchev–Trinajstić information content (AvgIpc) is 3.57. The molecule has 0 unspecified atom stereocenters. The first-order valence-corrected chi connectivity index (χ1v) is 12.9. The predicted molar refractivity (Wildman–Crippen MR) is 150 cm³/mol. The summed E-state index contributed by atoms with van der Waals surface area (Å²) in [4.78, 5) is 25.8. The molecule has 12 heteroatoms. The Hall–Kier alpha value is -4.97. The summed E-state index contributed by atoms with van der Waals surface area (Å²) in [5.74, 6) is 0.732. The summed E-state index contributed by atoms with van der Waals surface area (Å²) in [5.41, 5.74) is 17.1. The van der Waals surface area contributed by atoms with Crippen LogP contribution in [0.1, 0.15) is 28.8 Å². The highest BCUT2D eigenvalue weighted by molar-refractivity contribution is 6.01. The second kappa shape index (κ2) is 10.7. The van der Waals surface area contributed by atoms with Crippen LogP contribution in [-0.2, 0) is 18.4 Å². The minimum Gasteiger partial charge on any atom is -0.489 e. The van der Waals surface area contributed by atoms with Crippen molar-refractivity contribution in [1.82, 2.24) is 34.6 Å². The van der Waals surface area contributed by atoms with Gasteiger partial charge < -0.3 is 26.3 Å². The van der Waals surface area contributed by atoms with Crippen LogP contribution in [-0.4, -0.2) is 54.5 Å². The molecular formula is C28H29N9O3. The zero-order valence-electron chi connectivity index (χ0n) is 21.9. The molecule has 1 saturated heterocycles. The number of aryl methyl sites for hydroxylation is 1. The Bertz CT molecular complexity index is 1690. The lowest BCUT2D eigenvalue weighted by Crippen LogP contribution is -2.39. The maximum atomic E-state index is 12.7. The van der Waals surface area contributed by atoms with Crippen LogP contribution >= 0.6 is 0 Å². The van der Waals surface area contributed by atoms with E-state index in [0.717, 1.165) is 40.7 Å². The number of hydrogen-bond acceptors (Lipinski definition) is 9. The van der Waals surface area contributed by atoms with Crippen molar-refractivity contribution >= 4 is 28.4 Å². The van der Waals surface area contributed by atoms with Crippen LogP contribution in [0.4, 0.5) is 11.5 Å². The predicted octanol–water partition coefficient (Wildman–Crippen LogP) is 2.87. The summed E-state index contributed by atoms with van der Waals surface area (Å²) >= 11 is 0. The first-order chi connectivity index (χ1) is 19.5. The molecule has 0 spiro atoms. The van der Waals surface area contributed by atoms with Crippen molar-refractivity contribution in [2.24, 2.45) is 7.05 Å². The van der Waals surface area contributed by atoms with E-state index in [1.54, 1.807) is 35.3 Å². The summed E-state index contributed by atoms with van der Waals surface area (Å²) in [5, 5.41) is 8.28. The van der Waals surface area contributed by atoms with Gasteiger partial charge in [-0.2, -0.15) is 5.10 Å². The maximum Gasteiger partial charge on any atom is 0.253 e. The van der Waals surface area contributed by atoms with E-state index in [2.05, 4.69) is 25.4 Å². The van der Waals surface area contributed by atoms with E-state index < -0.39 is 0 Å². The van der Waals surface area contributed by atoms with Gasteiger partial charge in [0.25, 0.3) is 5.91 Å². The third-order valence-electron chi connectivity index (χ3n) is 6.89. The average molecular weight is 540 g/mol. The lowest BCUT2D eigenvalue weighted by molar-refractivity contribution is 0.0697. The van der Waals surface area contributed by atoms with E-state index >= 15 is 0 Å². The molecule has 12 nitrogen and oxygen atoms in total. The largest absolute Gasteiger partial charge is 0.489 e. The molecule has 1 fully saturated rings. The van der Waals surface area contributed by atoms with Gasteiger partial charge in [-0.05, 0) is 37.1 Å². The molecule has 0 aliphatic carbocycles. The van der Waals surface area contributed by atoms with Crippen LogP contribution in [0.3, 0.4) is 0 Å². The number of rotatable bonds is 7. The molecule has 1 aliphatic heterocycles. The summed E-state index contributed by atoms with van der Waals surface area (Å²) in [6.45, 7) is 1.55. The Morgan fingerprint density at radius 1 is 1.15 bits per heavy atom. The number of anilines is 2. The molecule has 0 atom stereocenters. The van der Waals surface area contributed by atoms with Crippen LogP contribution in [0.5, 0.6) is 5.75 Å². The molecule has 5 N–H and O–H groups in total. The topological polar surface area (TPSA) is 161 Å². The summed E-state index contributed by atoms with van der Waals surface area (Å²) in [6.07, 6.45) is 10.3. The molecule has 5 aromatic rings. The van der Waals surface area contributed by atoms with Gasteiger partial charge in [-0.25, -0.2) is 9.97 Å². The fraction of sp³-hybridized carbons (Fsp3) is 0.250. The minimum absolute atomic E-state index is 0.0942. The first-order valence-electron chi connectivity index (χ1n) is 12.9. The van der Waals surface area contributed by atoms with Crippen LogP contribution in [0, 0.1) is 0 Å². The van der Waals surface area contributed by atoms with Crippen LogP contribution < -0.4 is 21.5 Å². The third kappa shape index (κ3) is 5.04. The van der Waals surface area contributed by atoms with Crippen molar-refractivity contribution in [2.75, 3.05) is 24.7 Å². The standard InChI is InChI=1S/C28H29N9O3/c1-36-7-4-24(35-36)22-14-37(27-25(22)26(30)32-16-33-27)19-10-17(12-31-13-19)15-40-20-2-3-21(23(29)11-20)28(38)34-18-5-8-39-9-6-18/h2-4,7,10-14,16,18H,5-6,8-9,15,29H2,1H3,(H,34,38)(H2,30,32,33). The second-order valence-corrected chi connectivity index (χ2v) is 9.69. The number of hydrogen-bond donors (Lipinski definition) is 3. The fourth-order valence-electron chi connectivity index (χ4n) is 4.83. The number of nitrogens with one attached hydrogen (secondary N) is 1. The molecule has 5 heterocycles. The molecule has 0 saturated carbocycles. The molecule has 204 valence electrons. The molecule has 1 aromatic carbocycles. The van der Waals surface area contributed by atoms with E-state index in [-0.39, 0.29) is 18.6 Å². The number of ether oxygens (including phenoxy) is 2. The fourth-order valence-corrected chi connectivity index (χ4v) is 4.83. The van der Waals surface area contributed by atoms with Crippen molar-refractivity contribution in [3.05, 3.63) is 72.6 Å². The SMILES string of the molecule is Cn1ccc(-c2cn(-c3cncc(COc4ccc(C(=O)NC5CCOCC5)c(N)c4)c3)c3ncnc(N)c23)n1. The number of aromatic nitrogens is 6. The number of nitrogens with two attached hydrogens (primary N) is 2. The van der Waals surface area contributed by atoms with Crippen molar-refractivity contribution in [2.45, 2.75) is 25.5 Å². The molecule has 4 aromatic heterocycles. The Morgan fingerprint density at radius 2 is 2.00 bits per heavy atom. The number of amides is 1. The van der Waals surface area contributed by atoms with Gasteiger partial charge in [0.2, 0.25) is 0 Å². The van der Waals surface area contributed by atoms with E-state index in [1.807, 2.05) is 36.1 Å². The second-order valence-electron chi connectivity index (χ2n) is 9.69. The zero-order chi connectivity index (χ0) is 27.6. The van der Waals surface area contributed by atoms with E-state index in [1.165, 1.54) is 6.33 Å². The van der Waals surface area contributed by atoms with Gasteiger partial charge in [0.05, 0.1) is 28.5 Å². The Labute approximate surface area is 230 Å². The number of carbonyl (C=O) groups excluding carboxylic acids is 1. The third-order valence-corrected chi connectivity index (χ3v) is 6.89. The molecule has 1 amide bonds. The van der Waals surface area contributed by atoms with Crippen molar-refractivity contribution in [1.29, 1.82) is 0 Å². The van der Waals surface area contributed by atoms with Crippen molar-refractivity contribution in [3.8, 4) is 22.7 Å². The highest BCUT2D eigenvalue weighted by atomic mass is 16.5. The number of nitrogen functional groups attached to an aromatic ring is 2. The van der Waals surface area contributed by atoms with Crippen molar-refractivity contribution in [3.63, 3.8) is 0 Å². The van der Waals surface area contributed by atoms with Crippen LogP contribution in [0.2, 0.25) is 0 Å². The Morgan fingerprint density at radius 3 is 2.77 bits per heavy atom. The number of fused-ring (bicyclic) bond motifs is 1. The normalized spacial score (nSPS) is 13.9. The van der Waals surface area contributed by atoms with E-state index in [4.69, 9.17) is 20.9 Å². The van der Waals surface area contributed by atoms with Gasteiger partial charge in [-0.3, -0.25) is 19.0 Å². The maximum absolute atomic E-state index is 12.7. The van der Waals surface area contributed by atoms with Crippen LogP contribution in [0.25, 0.3) is 28.0 Å². The van der Waals surface area contributed by atoms with Gasteiger partial charge in [0, 0.05) is 67.8 Å². The van der Waals surface area contributed by atoms with Gasteiger partial charge in [0.1, 0.15) is 24.5 Å². The highest BCUT2D eigenvalue weighted by Crippen LogP contribution is 2.33. The highest BCUT2D eigenvalue weighted by Gasteiger charge is 2.20. The quantitative estimate of drug-likeness (QED) is 0.264. The summed E-state index contributed by atoms with van der Waals surface area (Å²) < 4.78 is 15.0. The number of pyridine rings is 1. The number of nitrogens with zero attached hydrogens (tertiary/aromatic N) is 6. The van der Waals surface area contributed by atoms with Crippen LogP contribution in [0.15, 0.2) is 61.4 Å². The Balaban J connectivity index is 1.20. The number of benzene rings is 1.